The van der Waals surface area contributed by atoms with Crippen LogP contribution in [0.3, 0.4) is 0 Å². The maximum absolute atomic E-state index is 14.7. The molecule has 1 atom stereocenters. The minimum absolute atomic E-state index is 0.264. The SMILES string of the molecule is CC(NC(=O)c1ccc2c(Oc3ccc(C(F)(F)F)cc3)cccc2c1)C1(F)CN(C)C1. The summed E-state index contributed by atoms with van der Waals surface area (Å²) in [5.74, 6) is 0.336. The molecular formula is C24H22F4N2O2. The molecular weight excluding hydrogens is 424 g/mol. The number of hydrogen-bond donors (Lipinski definition) is 1. The highest BCUT2D eigenvalue weighted by Crippen LogP contribution is 2.34. The van der Waals surface area contributed by atoms with Crippen molar-refractivity contribution in [3.63, 3.8) is 0 Å². The number of hydrogen-bond acceptors (Lipinski definition) is 3. The molecule has 0 bridgehead atoms. The van der Waals surface area contributed by atoms with Crippen LogP contribution >= 0.6 is 0 Å². The summed E-state index contributed by atoms with van der Waals surface area (Å²) in [5.41, 5.74) is -1.81. The van der Waals surface area contributed by atoms with Gasteiger partial charge in [-0.25, -0.2) is 4.39 Å². The number of likely N-dealkylation sites (tertiary alicyclic amines) is 1. The maximum atomic E-state index is 14.7. The number of ether oxygens (including phenoxy) is 1. The van der Waals surface area contributed by atoms with Gasteiger partial charge in [-0.05, 0) is 67.9 Å². The minimum atomic E-state index is -4.41. The molecule has 1 aliphatic heterocycles. The number of carbonyl (C=O) groups excluding carboxylic acids is 1. The zero-order chi connectivity index (χ0) is 23.1. The van der Waals surface area contributed by atoms with Crippen LogP contribution in [-0.2, 0) is 6.18 Å². The van der Waals surface area contributed by atoms with Gasteiger partial charge in [-0.1, -0.05) is 12.1 Å². The fourth-order valence-corrected chi connectivity index (χ4v) is 3.86. The average molecular weight is 446 g/mol. The largest absolute Gasteiger partial charge is 0.457 e. The molecule has 1 fully saturated rings. The first kappa shape index (κ1) is 22.1. The van der Waals surface area contributed by atoms with Crippen LogP contribution in [-0.4, -0.2) is 42.7 Å². The molecule has 0 spiro atoms. The first-order chi connectivity index (χ1) is 15.0. The van der Waals surface area contributed by atoms with Crippen LogP contribution in [0.2, 0.25) is 0 Å². The molecule has 0 saturated carbocycles. The molecule has 1 unspecified atom stereocenters. The topological polar surface area (TPSA) is 41.6 Å². The van der Waals surface area contributed by atoms with Crippen molar-refractivity contribution in [2.75, 3.05) is 20.1 Å². The Morgan fingerprint density at radius 3 is 2.41 bits per heavy atom. The van der Waals surface area contributed by atoms with Gasteiger partial charge in [0.15, 0.2) is 5.67 Å². The standard InChI is InChI=1S/C24H22F4N2O2/c1-15(23(25)13-30(2)14-23)29-22(31)17-6-11-20-16(12-17)4-3-5-21(20)32-19-9-7-18(8-10-19)24(26,27)28/h3-12,15H,13-14H2,1-2H3,(H,29,31). The van der Waals surface area contributed by atoms with E-state index in [1.165, 1.54) is 12.1 Å². The van der Waals surface area contributed by atoms with E-state index in [1.807, 2.05) is 11.9 Å². The van der Waals surface area contributed by atoms with Gasteiger partial charge in [-0.3, -0.25) is 9.69 Å². The van der Waals surface area contributed by atoms with E-state index >= 15 is 0 Å². The smallest absolute Gasteiger partial charge is 0.416 e. The van der Waals surface area contributed by atoms with Crippen molar-refractivity contribution in [1.29, 1.82) is 0 Å². The van der Waals surface area contributed by atoms with Crippen LogP contribution in [0.25, 0.3) is 10.8 Å². The highest BCUT2D eigenvalue weighted by Gasteiger charge is 2.46. The van der Waals surface area contributed by atoms with Crippen molar-refractivity contribution in [3.8, 4) is 11.5 Å². The van der Waals surface area contributed by atoms with Crippen LogP contribution < -0.4 is 10.1 Å². The Morgan fingerprint density at radius 1 is 1.09 bits per heavy atom. The summed E-state index contributed by atoms with van der Waals surface area (Å²) in [7, 11) is 1.82. The second-order valence-corrected chi connectivity index (χ2v) is 8.22. The molecule has 4 rings (SSSR count). The van der Waals surface area contributed by atoms with Crippen LogP contribution in [0.1, 0.15) is 22.8 Å². The van der Waals surface area contributed by atoms with E-state index in [2.05, 4.69) is 5.32 Å². The molecule has 0 aliphatic carbocycles. The summed E-state index contributed by atoms with van der Waals surface area (Å²) in [4.78, 5) is 14.5. The summed E-state index contributed by atoms with van der Waals surface area (Å²) >= 11 is 0. The lowest BCUT2D eigenvalue weighted by Gasteiger charge is -2.45. The Labute approximate surface area is 182 Å². The quantitative estimate of drug-likeness (QED) is 0.532. The molecule has 168 valence electrons. The maximum Gasteiger partial charge on any atom is 0.416 e. The van der Waals surface area contributed by atoms with Crippen molar-refractivity contribution < 1.29 is 27.1 Å². The van der Waals surface area contributed by atoms with E-state index in [9.17, 15) is 22.4 Å². The number of carbonyl (C=O) groups is 1. The molecule has 1 heterocycles. The van der Waals surface area contributed by atoms with E-state index < -0.39 is 23.5 Å². The number of benzene rings is 3. The van der Waals surface area contributed by atoms with Crippen LogP contribution in [0.15, 0.2) is 60.7 Å². The number of alkyl halides is 4. The first-order valence-corrected chi connectivity index (χ1v) is 10.1. The zero-order valence-corrected chi connectivity index (χ0v) is 17.5. The van der Waals surface area contributed by atoms with Gasteiger partial charge in [-0.15, -0.1) is 0 Å². The molecule has 1 saturated heterocycles. The number of fused-ring (bicyclic) bond motifs is 1. The molecule has 32 heavy (non-hydrogen) atoms. The lowest BCUT2D eigenvalue weighted by Crippen LogP contribution is -2.66. The van der Waals surface area contributed by atoms with Gasteiger partial charge < -0.3 is 10.1 Å². The summed E-state index contributed by atoms with van der Waals surface area (Å²) in [5, 5.41) is 4.14. The van der Waals surface area contributed by atoms with Crippen molar-refractivity contribution >= 4 is 16.7 Å². The van der Waals surface area contributed by atoms with Crippen LogP contribution in [0, 0.1) is 0 Å². The van der Waals surface area contributed by atoms with E-state index in [1.54, 1.807) is 43.3 Å². The third-order valence-corrected chi connectivity index (χ3v) is 5.70. The summed E-state index contributed by atoms with van der Waals surface area (Å²) < 4.78 is 58.7. The average Bonchev–Trinajstić information content (AvgIpc) is 2.72. The predicted octanol–water partition coefficient (Wildman–Crippen LogP) is 5.42. The van der Waals surface area contributed by atoms with Gasteiger partial charge in [0.1, 0.15) is 11.5 Å². The van der Waals surface area contributed by atoms with Gasteiger partial charge in [0, 0.05) is 24.0 Å². The number of halogens is 4. The number of nitrogens with one attached hydrogen (secondary N) is 1. The predicted molar refractivity (Wildman–Crippen MR) is 114 cm³/mol. The van der Waals surface area contributed by atoms with Crippen molar-refractivity contribution in [1.82, 2.24) is 10.2 Å². The molecule has 3 aromatic rings. The second-order valence-electron chi connectivity index (χ2n) is 8.22. The van der Waals surface area contributed by atoms with E-state index in [0.29, 0.717) is 22.1 Å². The number of rotatable bonds is 5. The summed E-state index contributed by atoms with van der Waals surface area (Å²) in [6.45, 7) is 2.20. The third-order valence-electron chi connectivity index (χ3n) is 5.70. The molecule has 0 radical (unpaired) electrons. The Balaban J connectivity index is 1.51. The lowest BCUT2D eigenvalue weighted by molar-refractivity contribution is -0.137. The molecule has 4 nitrogen and oxygen atoms in total. The highest BCUT2D eigenvalue weighted by molar-refractivity contribution is 6.00. The summed E-state index contributed by atoms with van der Waals surface area (Å²) in [6.07, 6.45) is -4.41. The van der Waals surface area contributed by atoms with Gasteiger partial charge in [-0.2, -0.15) is 13.2 Å². The molecule has 1 aliphatic rings. The first-order valence-electron chi connectivity index (χ1n) is 10.1. The lowest BCUT2D eigenvalue weighted by atomic mass is 9.89. The van der Waals surface area contributed by atoms with Crippen LogP contribution in [0.5, 0.6) is 11.5 Å². The molecule has 8 heteroatoms. The second kappa shape index (κ2) is 8.09. The molecule has 1 N–H and O–H groups in total. The van der Waals surface area contributed by atoms with E-state index in [0.717, 1.165) is 12.1 Å². The van der Waals surface area contributed by atoms with Gasteiger partial charge >= 0.3 is 6.18 Å². The number of nitrogens with zero attached hydrogens (tertiary/aromatic N) is 1. The monoisotopic (exact) mass is 446 g/mol. The normalized spacial score (nSPS) is 16.9. The molecule has 0 aromatic heterocycles. The Bertz CT molecular complexity index is 1140. The molecule has 3 aromatic carbocycles. The number of amides is 1. The third kappa shape index (κ3) is 4.41. The van der Waals surface area contributed by atoms with E-state index in [4.69, 9.17) is 4.74 Å². The van der Waals surface area contributed by atoms with Gasteiger partial charge in [0.25, 0.3) is 5.91 Å². The van der Waals surface area contributed by atoms with Crippen LogP contribution in [0.4, 0.5) is 17.6 Å². The summed E-state index contributed by atoms with van der Waals surface area (Å²) in [6, 6.07) is 14.0. The zero-order valence-electron chi connectivity index (χ0n) is 17.5. The van der Waals surface area contributed by atoms with E-state index in [-0.39, 0.29) is 24.7 Å². The highest BCUT2D eigenvalue weighted by atomic mass is 19.4. The van der Waals surface area contributed by atoms with Gasteiger partial charge in [0.05, 0.1) is 11.6 Å². The van der Waals surface area contributed by atoms with Crippen molar-refractivity contribution in [2.45, 2.75) is 24.8 Å². The molecule has 1 amide bonds. The fourth-order valence-electron chi connectivity index (χ4n) is 3.86. The van der Waals surface area contributed by atoms with Crippen molar-refractivity contribution in [3.05, 3.63) is 71.8 Å². The Kier molecular flexibility index (Phi) is 5.58. The van der Waals surface area contributed by atoms with Crippen molar-refractivity contribution in [2.24, 2.45) is 0 Å². The minimum Gasteiger partial charge on any atom is -0.457 e. The fraction of sp³-hybridized carbons (Fsp3) is 0.292. The van der Waals surface area contributed by atoms with Gasteiger partial charge in [0.2, 0.25) is 0 Å². The Hall–Kier alpha value is -3.13. The Morgan fingerprint density at radius 2 is 1.78 bits per heavy atom.